The number of sulfonamides is 1. The van der Waals surface area contributed by atoms with Crippen LogP contribution in [0.4, 0.5) is 5.69 Å². The smallest absolute Gasteiger partial charge is 0.240 e. The Morgan fingerprint density at radius 1 is 1.19 bits per heavy atom. The third kappa shape index (κ3) is 7.43. The number of benzene rings is 1. The summed E-state index contributed by atoms with van der Waals surface area (Å²) >= 11 is 1.22. The molecule has 11 heteroatoms. The van der Waals surface area contributed by atoms with E-state index in [1.54, 1.807) is 12.1 Å². The molecule has 2 aromatic rings. The maximum Gasteiger partial charge on any atom is 0.240 e. The van der Waals surface area contributed by atoms with Crippen molar-refractivity contribution in [3.63, 3.8) is 0 Å². The van der Waals surface area contributed by atoms with Gasteiger partial charge in [-0.3, -0.25) is 4.79 Å². The number of hydrogen-bond acceptors (Lipinski definition) is 7. The standard InChI is InChI=1S/C16H21N5O3S2.ClH/c1-11-8-12(2)20-16(19-11)25-10-15(22)21-13-4-3-5-14(9-13)26(23,24)18-7-6-17;/h3-5,8-9,18H,6-7,10,17H2,1-2H3,(H,21,22);1H. The van der Waals surface area contributed by atoms with E-state index in [0.717, 1.165) is 11.4 Å². The Hall–Kier alpha value is -1.72. The molecule has 0 saturated heterocycles. The molecule has 0 spiro atoms. The van der Waals surface area contributed by atoms with E-state index in [2.05, 4.69) is 20.0 Å². The first-order valence-electron chi connectivity index (χ1n) is 7.85. The fraction of sp³-hybridized carbons (Fsp3) is 0.312. The summed E-state index contributed by atoms with van der Waals surface area (Å²) in [4.78, 5) is 20.7. The fourth-order valence-corrected chi connectivity index (χ4v) is 3.95. The van der Waals surface area contributed by atoms with E-state index in [0.29, 0.717) is 10.8 Å². The number of rotatable bonds is 8. The van der Waals surface area contributed by atoms with Crippen LogP contribution in [0.1, 0.15) is 11.4 Å². The second-order valence-electron chi connectivity index (χ2n) is 5.48. The Bertz CT molecular complexity index is 873. The molecule has 0 aliphatic heterocycles. The normalized spacial score (nSPS) is 10.9. The van der Waals surface area contributed by atoms with E-state index in [-0.39, 0.29) is 42.1 Å². The predicted octanol–water partition coefficient (Wildman–Crippen LogP) is 1.48. The topological polar surface area (TPSA) is 127 Å². The molecule has 0 aliphatic carbocycles. The molecule has 0 atom stereocenters. The van der Waals surface area contributed by atoms with Gasteiger partial charge in [-0.25, -0.2) is 23.1 Å². The highest BCUT2D eigenvalue weighted by Crippen LogP contribution is 2.17. The average Bonchev–Trinajstić information content (AvgIpc) is 2.58. The lowest BCUT2D eigenvalue weighted by Gasteiger charge is -2.09. The summed E-state index contributed by atoms with van der Waals surface area (Å²) in [6.45, 7) is 4.08. The van der Waals surface area contributed by atoms with Gasteiger partial charge in [-0.1, -0.05) is 17.8 Å². The molecule has 27 heavy (non-hydrogen) atoms. The molecule has 0 aliphatic rings. The Labute approximate surface area is 169 Å². The molecule has 1 amide bonds. The number of nitrogens with one attached hydrogen (secondary N) is 2. The SMILES string of the molecule is Cc1cc(C)nc(SCC(=O)Nc2cccc(S(=O)(=O)NCCN)c2)n1.Cl. The maximum absolute atomic E-state index is 12.1. The highest BCUT2D eigenvalue weighted by atomic mass is 35.5. The van der Waals surface area contributed by atoms with Crippen LogP contribution < -0.4 is 15.8 Å². The van der Waals surface area contributed by atoms with Crippen molar-refractivity contribution in [2.45, 2.75) is 23.9 Å². The Morgan fingerprint density at radius 3 is 2.48 bits per heavy atom. The van der Waals surface area contributed by atoms with Gasteiger partial charge in [0.1, 0.15) is 0 Å². The Kier molecular flexibility index (Phi) is 9.13. The van der Waals surface area contributed by atoms with Gasteiger partial charge in [-0.15, -0.1) is 12.4 Å². The minimum atomic E-state index is -3.65. The number of thioether (sulfide) groups is 1. The number of amides is 1. The highest BCUT2D eigenvalue weighted by Gasteiger charge is 2.14. The molecule has 0 fully saturated rings. The average molecular weight is 432 g/mol. The number of nitrogens with zero attached hydrogens (tertiary/aromatic N) is 2. The summed E-state index contributed by atoms with van der Waals surface area (Å²) in [6, 6.07) is 7.89. The van der Waals surface area contributed by atoms with Crippen LogP contribution >= 0.6 is 24.2 Å². The predicted molar refractivity (Wildman–Crippen MR) is 109 cm³/mol. The van der Waals surface area contributed by atoms with E-state index >= 15 is 0 Å². The molecule has 0 bridgehead atoms. The molecular weight excluding hydrogens is 410 g/mol. The van der Waals surface area contributed by atoms with Gasteiger partial charge in [0.05, 0.1) is 10.6 Å². The van der Waals surface area contributed by atoms with Crippen molar-refractivity contribution in [3.05, 3.63) is 41.7 Å². The van der Waals surface area contributed by atoms with Crippen molar-refractivity contribution in [1.29, 1.82) is 0 Å². The van der Waals surface area contributed by atoms with Crippen LogP contribution in [0, 0.1) is 13.8 Å². The first-order chi connectivity index (χ1) is 12.3. The van der Waals surface area contributed by atoms with Crippen molar-refractivity contribution in [2.75, 3.05) is 24.2 Å². The lowest BCUT2D eigenvalue weighted by molar-refractivity contribution is -0.113. The molecule has 4 N–H and O–H groups in total. The summed E-state index contributed by atoms with van der Waals surface area (Å²) < 4.78 is 26.6. The van der Waals surface area contributed by atoms with Gasteiger partial charge in [0.25, 0.3) is 0 Å². The van der Waals surface area contributed by atoms with Crippen LogP contribution in [-0.4, -0.2) is 43.1 Å². The van der Waals surface area contributed by atoms with Crippen LogP contribution in [0.3, 0.4) is 0 Å². The number of anilines is 1. The lowest BCUT2D eigenvalue weighted by atomic mass is 10.3. The molecule has 1 heterocycles. The van der Waals surface area contributed by atoms with Gasteiger partial charge in [0, 0.05) is 30.2 Å². The van der Waals surface area contributed by atoms with Crippen LogP contribution in [0.25, 0.3) is 0 Å². The molecular formula is C16H22ClN5O3S2. The zero-order chi connectivity index (χ0) is 19.2. The second kappa shape index (κ2) is 10.6. The van der Waals surface area contributed by atoms with Crippen LogP contribution in [-0.2, 0) is 14.8 Å². The summed E-state index contributed by atoms with van der Waals surface area (Å²) in [5, 5.41) is 3.21. The van der Waals surface area contributed by atoms with Crippen LogP contribution in [0.5, 0.6) is 0 Å². The number of aryl methyl sites for hydroxylation is 2. The van der Waals surface area contributed by atoms with Crippen molar-refractivity contribution in [3.8, 4) is 0 Å². The monoisotopic (exact) mass is 431 g/mol. The molecule has 0 unspecified atom stereocenters. The van der Waals surface area contributed by atoms with Crippen molar-refractivity contribution >= 4 is 45.8 Å². The Balaban J connectivity index is 0.00000364. The number of aromatic nitrogens is 2. The quantitative estimate of drug-likeness (QED) is 0.426. The number of carbonyl (C=O) groups excluding carboxylic acids is 1. The van der Waals surface area contributed by atoms with E-state index in [4.69, 9.17) is 5.73 Å². The molecule has 1 aromatic heterocycles. The van der Waals surface area contributed by atoms with E-state index < -0.39 is 10.0 Å². The number of hydrogen-bond donors (Lipinski definition) is 3. The van der Waals surface area contributed by atoms with Crippen LogP contribution in [0.2, 0.25) is 0 Å². The molecule has 2 rings (SSSR count). The van der Waals surface area contributed by atoms with Gasteiger partial charge in [-0.05, 0) is 38.1 Å². The van der Waals surface area contributed by atoms with Gasteiger partial charge < -0.3 is 11.1 Å². The number of carbonyl (C=O) groups is 1. The molecule has 0 radical (unpaired) electrons. The second-order valence-corrected chi connectivity index (χ2v) is 8.19. The van der Waals surface area contributed by atoms with Gasteiger partial charge >= 0.3 is 0 Å². The van der Waals surface area contributed by atoms with Crippen molar-refractivity contribution < 1.29 is 13.2 Å². The van der Waals surface area contributed by atoms with Gasteiger partial charge in [0.2, 0.25) is 15.9 Å². The third-order valence-electron chi connectivity index (χ3n) is 3.16. The molecule has 8 nitrogen and oxygen atoms in total. The molecule has 1 aromatic carbocycles. The van der Waals surface area contributed by atoms with E-state index in [1.807, 2.05) is 19.9 Å². The van der Waals surface area contributed by atoms with E-state index in [9.17, 15) is 13.2 Å². The van der Waals surface area contributed by atoms with Crippen molar-refractivity contribution in [1.82, 2.24) is 14.7 Å². The minimum absolute atomic E-state index is 0. The number of halogens is 1. The summed E-state index contributed by atoms with van der Waals surface area (Å²) in [7, 11) is -3.65. The summed E-state index contributed by atoms with van der Waals surface area (Å²) in [6.07, 6.45) is 0. The molecule has 0 saturated carbocycles. The first-order valence-corrected chi connectivity index (χ1v) is 10.3. The molecule has 148 valence electrons. The lowest BCUT2D eigenvalue weighted by Crippen LogP contribution is -2.29. The maximum atomic E-state index is 12.1. The minimum Gasteiger partial charge on any atom is -0.329 e. The first kappa shape index (κ1) is 23.3. The van der Waals surface area contributed by atoms with Crippen LogP contribution in [0.15, 0.2) is 40.4 Å². The third-order valence-corrected chi connectivity index (χ3v) is 5.46. The Morgan fingerprint density at radius 2 is 1.85 bits per heavy atom. The summed E-state index contributed by atoms with van der Waals surface area (Å²) in [5.74, 6) is -0.159. The van der Waals surface area contributed by atoms with Gasteiger partial charge in [0.15, 0.2) is 5.16 Å². The highest BCUT2D eigenvalue weighted by molar-refractivity contribution is 7.99. The van der Waals surface area contributed by atoms with Crippen molar-refractivity contribution in [2.24, 2.45) is 5.73 Å². The zero-order valence-corrected chi connectivity index (χ0v) is 17.4. The largest absolute Gasteiger partial charge is 0.329 e. The number of nitrogens with two attached hydrogens (primary N) is 1. The zero-order valence-electron chi connectivity index (χ0n) is 14.9. The summed E-state index contributed by atoms with van der Waals surface area (Å²) in [5.41, 5.74) is 7.38. The van der Waals surface area contributed by atoms with E-state index in [1.165, 1.54) is 23.9 Å². The fourth-order valence-electron chi connectivity index (χ4n) is 2.10. The van der Waals surface area contributed by atoms with Gasteiger partial charge in [-0.2, -0.15) is 0 Å².